The first-order valence-corrected chi connectivity index (χ1v) is 8.54. The van der Waals surface area contributed by atoms with E-state index in [4.69, 9.17) is 4.74 Å². The average Bonchev–Trinajstić information content (AvgIpc) is 3.09. The van der Waals surface area contributed by atoms with Crippen LogP contribution in [-0.2, 0) is 4.74 Å². The summed E-state index contributed by atoms with van der Waals surface area (Å²) in [4.78, 5) is 16.7. The molecule has 0 radical (unpaired) electrons. The fraction of sp³-hybridized carbons (Fsp3) is 0.167. The molecule has 1 amide bonds. The normalized spacial score (nSPS) is 10.6. The quantitative estimate of drug-likeness (QED) is 0.645. The molecule has 6 nitrogen and oxygen atoms in total. The third-order valence-electron chi connectivity index (χ3n) is 3.51. The van der Waals surface area contributed by atoms with E-state index in [-0.39, 0.29) is 11.7 Å². The number of aromatic nitrogens is 3. The zero-order chi connectivity index (χ0) is 17.6. The number of para-hydroxylation sites is 1. The molecule has 1 aromatic heterocycles. The predicted molar refractivity (Wildman–Crippen MR) is 98.7 cm³/mol. The highest BCUT2D eigenvalue weighted by atomic mass is 79.9. The number of ether oxygens (including phenoxy) is 1. The van der Waals surface area contributed by atoms with Crippen LogP contribution in [0.25, 0.3) is 17.1 Å². The minimum absolute atomic E-state index is 0.123. The highest BCUT2D eigenvalue weighted by molar-refractivity contribution is 9.10. The van der Waals surface area contributed by atoms with Gasteiger partial charge in [-0.3, -0.25) is 4.79 Å². The minimum atomic E-state index is -0.329. The molecule has 1 N–H and O–H groups in total. The molecular formula is C18H17BrN4O2. The van der Waals surface area contributed by atoms with Crippen molar-refractivity contribution >= 4 is 21.8 Å². The molecule has 7 heteroatoms. The maximum Gasteiger partial charge on any atom is 0.291 e. The lowest BCUT2D eigenvalue weighted by molar-refractivity contribution is 0.0927. The first kappa shape index (κ1) is 17.3. The summed E-state index contributed by atoms with van der Waals surface area (Å²) in [6.45, 7) is 0.841. The minimum Gasteiger partial charge on any atom is -0.383 e. The molecule has 0 saturated carbocycles. The molecule has 0 bridgehead atoms. The second kappa shape index (κ2) is 8.04. The number of halogens is 1. The molecule has 0 aliphatic rings. The van der Waals surface area contributed by atoms with Gasteiger partial charge in [0.2, 0.25) is 5.82 Å². The van der Waals surface area contributed by atoms with Gasteiger partial charge in [0.05, 0.1) is 12.3 Å². The number of nitrogens with zero attached hydrogens (tertiary/aromatic N) is 3. The monoisotopic (exact) mass is 400 g/mol. The van der Waals surface area contributed by atoms with Gasteiger partial charge in [-0.2, -0.15) is 0 Å². The molecule has 1 heterocycles. The van der Waals surface area contributed by atoms with Crippen LogP contribution in [0.2, 0.25) is 0 Å². The smallest absolute Gasteiger partial charge is 0.291 e. The van der Waals surface area contributed by atoms with Gasteiger partial charge in [0.25, 0.3) is 5.91 Å². The van der Waals surface area contributed by atoms with Crippen LogP contribution in [0, 0.1) is 0 Å². The second-order valence-electron chi connectivity index (χ2n) is 5.26. The molecule has 0 spiro atoms. The lowest BCUT2D eigenvalue weighted by atomic mass is 10.2. The lowest BCUT2D eigenvalue weighted by Gasteiger charge is -2.05. The van der Waals surface area contributed by atoms with Crippen molar-refractivity contribution in [1.29, 1.82) is 0 Å². The molecule has 0 aliphatic carbocycles. The number of nitrogens with one attached hydrogen (secondary N) is 1. The van der Waals surface area contributed by atoms with Crippen molar-refractivity contribution in [2.75, 3.05) is 20.3 Å². The SMILES string of the molecule is COCCNC(=O)c1nc(-c2ccc(Br)cc2)n(-c2ccccc2)n1. The van der Waals surface area contributed by atoms with Crippen LogP contribution in [0.1, 0.15) is 10.6 Å². The lowest BCUT2D eigenvalue weighted by Crippen LogP contribution is -2.28. The summed E-state index contributed by atoms with van der Waals surface area (Å²) in [5, 5.41) is 7.14. The van der Waals surface area contributed by atoms with E-state index in [1.807, 2.05) is 54.6 Å². The van der Waals surface area contributed by atoms with E-state index in [2.05, 4.69) is 31.3 Å². The maximum atomic E-state index is 12.3. The average molecular weight is 401 g/mol. The number of carbonyl (C=O) groups is 1. The summed E-state index contributed by atoms with van der Waals surface area (Å²) in [5.41, 5.74) is 1.71. The second-order valence-corrected chi connectivity index (χ2v) is 6.18. The number of carbonyl (C=O) groups excluding carboxylic acids is 1. The van der Waals surface area contributed by atoms with Gasteiger partial charge in [-0.05, 0) is 24.3 Å². The number of amides is 1. The van der Waals surface area contributed by atoms with E-state index >= 15 is 0 Å². The summed E-state index contributed by atoms with van der Waals surface area (Å²) >= 11 is 3.43. The molecule has 0 fully saturated rings. The molecular weight excluding hydrogens is 384 g/mol. The van der Waals surface area contributed by atoms with Gasteiger partial charge in [-0.25, -0.2) is 9.67 Å². The number of hydrogen-bond acceptors (Lipinski definition) is 4. The Kier molecular flexibility index (Phi) is 5.57. The first-order chi connectivity index (χ1) is 12.2. The van der Waals surface area contributed by atoms with Crippen LogP contribution in [0.3, 0.4) is 0 Å². The molecule has 25 heavy (non-hydrogen) atoms. The van der Waals surface area contributed by atoms with Gasteiger partial charge in [0.1, 0.15) is 0 Å². The van der Waals surface area contributed by atoms with E-state index < -0.39 is 0 Å². The van der Waals surface area contributed by atoms with E-state index in [1.165, 1.54) is 0 Å². The largest absolute Gasteiger partial charge is 0.383 e. The highest BCUT2D eigenvalue weighted by Gasteiger charge is 2.18. The number of hydrogen-bond donors (Lipinski definition) is 1. The predicted octanol–water partition coefficient (Wildman–Crippen LogP) is 3.07. The summed E-state index contributed by atoms with van der Waals surface area (Å²) < 4.78 is 7.59. The van der Waals surface area contributed by atoms with Gasteiger partial charge < -0.3 is 10.1 Å². The molecule has 0 saturated heterocycles. The van der Waals surface area contributed by atoms with Crippen LogP contribution in [-0.4, -0.2) is 40.9 Å². The van der Waals surface area contributed by atoms with Crippen molar-refractivity contribution in [3.8, 4) is 17.1 Å². The van der Waals surface area contributed by atoms with E-state index in [9.17, 15) is 4.79 Å². The fourth-order valence-corrected chi connectivity index (χ4v) is 2.55. The highest BCUT2D eigenvalue weighted by Crippen LogP contribution is 2.23. The van der Waals surface area contributed by atoms with Gasteiger partial charge in [0.15, 0.2) is 5.82 Å². The Morgan fingerprint density at radius 2 is 1.88 bits per heavy atom. The summed E-state index contributed by atoms with van der Waals surface area (Å²) in [6.07, 6.45) is 0. The molecule has 0 atom stereocenters. The molecule has 3 rings (SSSR count). The third kappa shape index (κ3) is 4.12. The zero-order valence-corrected chi connectivity index (χ0v) is 15.2. The summed E-state index contributed by atoms with van der Waals surface area (Å²) in [7, 11) is 1.58. The Balaban J connectivity index is 2.00. The molecule has 128 valence electrons. The fourth-order valence-electron chi connectivity index (χ4n) is 2.29. The summed E-state index contributed by atoms with van der Waals surface area (Å²) in [6, 6.07) is 17.3. The van der Waals surface area contributed by atoms with E-state index in [0.29, 0.717) is 19.0 Å². The topological polar surface area (TPSA) is 69.0 Å². The standard InChI is InChI=1S/C18H17BrN4O2/c1-25-12-11-20-18(24)16-21-17(13-7-9-14(19)10-8-13)23(22-16)15-5-3-2-4-6-15/h2-10H,11-12H2,1H3,(H,20,24). The molecule has 2 aromatic carbocycles. The van der Waals surface area contributed by atoms with Crippen molar-refractivity contribution in [2.45, 2.75) is 0 Å². The molecule has 3 aromatic rings. The Morgan fingerprint density at radius 3 is 2.56 bits per heavy atom. The Labute approximate surface area is 154 Å². The van der Waals surface area contributed by atoms with Crippen LogP contribution >= 0.6 is 15.9 Å². The summed E-state index contributed by atoms with van der Waals surface area (Å²) in [5.74, 6) is 0.401. The van der Waals surface area contributed by atoms with Crippen molar-refractivity contribution in [3.05, 3.63) is 64.9 Å². The van der Waals surface area contributed by atoms with Gasteiger partial charge >= 0.3 is 0 Å². The number of benzene rings is 2. The van der Waals surface area contributed by atoms with Crippen LogP contribution < -0.4 is 5.32 Å². The zero-order valence-electron chi connectivity index (χ0n) is 13.6. The van der Waals surface area contributed by atoms with Crippen molar-refractivity contribution in [1.82, 2.24) is 20.1 Å². The van der Waals surface area contributed by atoms with Crippen LogP contribution in [0.15, 0.2) is 59.1 Å². The van der Waals surface area contributed by atoms with Crippen molar-refractivity contribution < 1.29 is 9.53 Å². The van der Waals surface area contributed by atoms with Crippen molar-refractivity contribution in [3.63, 3.8) is 0 Å². The first-order valence-electron chi connectivity index (χ1n) is 7.74. The van der Waals surface area contributed by atoms with Crippen molar-refractivity contribution in [2.24, 2.45) is 0 Å². The third-order valence-corrected chi connectivity index (χ3v) is 4.03. The maximum absolute atomic E-state index is 12.3. The number of rotatable bonds is 6. The van der Waals surface area contributed by atoms with Crippen LogP contribution in [0.4, 0.5) is 0 Å². The Hall–Kier alpha value is -2.51. The van der Waals surface area contributed by atoms with Gasteiger partial charge in [-0.15, -0.1) is 5.10 Å². The van der Waals surface area contributed by atoms with Crippen LogP contribution in [0.5, 0.6) is 0 Å². The molecule has 0 unspecified atom stereocenters. The Morgan fingerprint density at radius 1 is 1.16 bits per heavy atom. The van der Waals surface area contributed by atoms with Gasteiger partial charge in [0, 0.05) is 23.7 Å². The van der Waals surface area contributed by atoms with E-state index in [0.717, 1.165) is 15.7 Å². The van der Waals surface area contributed by atoms with Gasteiger partial charge in [-0.1, -0.05) is 46.3 Å². The number of methoxy groups -OCH3 is 1. The van der Waals surface area contributed by atoms with E-state index in [1.54, 1.807) is 11.8 Å². The molecule has 0 aliphatic heterocycles. The Bertz CT molecular complexity index is 847.